The number of carbonyl (C=O) groups is 2. The normalized spacial score (nSPS) is 23.8. The summed E-state index contributed by atoms with van der Waals surface area (Å²) < 4.78 is 0. The predicted octanol–water partition coefficient (Wildman–Crippen LogP) is 0.629. The van der Waals surface area contributed by atoms with E-state index in [1.807, 2.05) is 18.7 Å². The van der Waals surface area contributed by atoms with E-state index < -0.39 is 0 Å². The van der Waals surface area contributed by atoms with Crippen LogP contribution in [0.1, 0.15) is 46.5 Å². The van der Waals surface area contributed by atoms with Crippen LogP contribution in [0, 0.1) is 0 Å². The zero-order valence-corrected chi connectivity index (χ0v) is 11.6. The van der Waals surface area contributed by atoms with E-state index in [-0.39, 0.29) is 36.5 Å². The molecule has 1 rings (SSSR count). The smallest absolute Gasteiger partial charge is 0.234 e. The van der Waals surface area contributed by atoms with Gasteiger partial charge in [0.1, 0.15) is 0 Å². The van der Waals surface area contributed by atoms with E-state index in [1.165, 1.54) is 0 Å². The SMILES string of the molecule is CC(=O)N(C(C)C)[C@@H]1CCCC[C@@H]1NC(=O)CN. The molecule has 0 aromatic carbocycles. The molecule has 0 unspecified atom stereocenters. The van der Waals surface area contributed by atoms with Crippen LogP contribution < -0.4 is 11.1 Å². The van der Waals surface area contributed by atoms with Gasteiger partial charge in [-0.25, -0.2) is 0 Å². The second kappa shape index (κ2) is 6.73. The van der Waals surface area contributed by atoms with Crippen LogP contribution in [0.5, 0.6) is 0 Å². The molecule has 104 valence electrons. The van der Waals surface area contributed by atoms with Gasteiger partial charge in [0.15, 0.2) is 0 Å². The maximum atomic E-state index is 11.8. The summed E-state index contributed by atoms with van der Waals surface area (Å²) >= 11 is 0. The Bertz CT molecular complexity index is 305. The van der Waals surface area contributed by atoms with Crippen LogP contribution in [-0.2, 0) is 9.59 Å². The summed E-state index contributed by atoms with van der Waals surface area (Å²) in [5, 5.41) is 2.95. The van der Waals surface area contributed by atoms with Gasteiger partial charge in [0, 0.05) is 19.0 Å². The molecule has 1 aliphatic rings. The molecule has 0 aromatic heterocycles. The molecule has 5 heteroatoms. The van der Waals surface area contributed by atoms with Crippen molar-refractivity contribution in [3.63, 3.8) is 0 Å². The van der Waals surface area contributed by atoms with Gasteiger partial charge in [-0.1, -0.05) is 12.8 Å². The fraction of sp³-hybridized carbons (Fsp3) is 0.846. The maximum Gasteiger partial charge on any atom is 0.234 e. The third kappa shape index (κ3) is 3.70. The zero-order valence-electron chi connectivity index (χ0n) is 11.6. The first-order chi connectivity index (χ1) is 8.47. The molecule has 0 aliphatic heterocycles. The minimum absolute atomic E-state index is 0.00493. The summed E-state index contributed by atoms with van der Waals surface area (Å²) in [6.45, 7) is 5.62. The molecule has 0 heterocycles. The Labute approximate surface area is 109 Å². The summed E-state index contributed by atoms with van der Waals surface area (Å²) in [5.74, 6) is -0.0666. The number of hydrogen-bond donors (Lipinski definition) is 2. The highest BCUT2D eigenvalue weighted by Gasteiger charge is 2.33. The van der Waals surface area contributed by atoms with Gasteiger partial charge in [0.2, 0.25) is 11.8 Å². The molecule has 3 N–H and O–H groups in total. The minimum Gasteiger partial charge on any atom is -0.350 e. The van der Waals surface area contributed by atoms with E-state index in [0.717, 1.165) is 25.7 Å². The number of amides is 2. The lowest BCUT2D eigenvalue weighted by Crippen LogP contribution is -2.57. The van der Waals surface area contributed by atoms with Crippen molar-refractivity contribution < 1.29 is 9.59 Å². The molecule has 0 aromatic rings. The highest BCUT2D eigenvalue weighted by Crippen LogP contribution is 2.25. The topological polar surface area (TPSA) is 75.4 Å². The van der Waals surface area contributed by atoms with Gasteiger partial charge in [0.05, 0.1) is 12.6 Å². The zero-order chi connectivity index (χ0) is 13.7. The highest BCUT2D eigenvalue weighted by atomic mass is 16.2. The number of nitrogens with zero attached hydrogens (tertiary/aromatic N) is 1. The highest BCUT2D eigenvalue weighted by molar-refractivity contribution is 5.78. The Morgan fingerprint density at radius 3 is 2.44 bits per heavy atom. The summed E-state index contributed by atoms with van der Waals surface area (Å²) in [6.07, 6.45) is 4.08. The molecule has 1 saturated carbocycles. The molecule has 2 amide bonds. The van der Waals surface area contributed by atoms with Gasteiger partial charge in [-0.05, 0) is 26.7 Å². The number of carbonyl (C=O) groups excluding carboxylic acids is 2. The quantitative estimate of drug-likeness (QED) is 0.773. The Hall–Kier alpha value is -1.10. The lowest BCUT2D eigenvalue weighted by Gasteiger charge is -2.42. The molecule has 0 radical (unpaired) electrons. The van der Waals surface area contributed by atoms with Crippen LogP contribution in [0.2, 0.25) is 0 Å². The average Bonchev–Trinajstić information content (AvgIpc) is 2.30. The molecule has 0 saturated heterocycles. The Balaban J connectivity index is 2.79. The molecule has 1 fully saturated rings. The monoisotopic (exact) mass is 255 g/mol. The van der Waals surface area contributed by atoms with Crippen molar-refractivity contribution in [2.45, 2.75) is 64.6 Å². The molecule has 2 atom stereocenters. The van der Waals surface area contributed by atoms with Gasteiger partial charge >= 0.3 is 0 Å². The molecular weight excluding hydrogens is 230 g/mol. The van der Waals surface area contributed by atoms with Crippen molar-refractivity contribution in [2.75, 3.05) is 6.54 Å². The van der Waals surface area contributed by atoms with Crippen LogP contribution in [0.25, 0.3) is 0 Å². The number of hydrogen-bond acceptors (Lipinski definition) is 3. The van der Waals surface area contributed by atoms with Gasteiger partial charge in [-0.2, -0.15) is 0 Å². The van der Waals surface area contributed by atoms with Crippen LogP contribution in [0.3, 0.4) is 0 Å². The van der Waals surface area contributed by atoms with Gasteiger partial charge < -0.3 is 16.0 Å². The molecule has 5 nitrogen and oxygen atoms in total. The van der Waals surface area contributed by atoms with Crippen molar-refractivity contribution in [1.82, 2.24) is 10.2 Å². The summed E-state index contributed by atoms with van der Waals surface area (Å²) in [6, 6.07) is 0.302. The molecular formula is C13H25N3O2. The van der Waals surface area contributed by atoms with Crippen molar-refractivity contribution in [1.29, 1.82) is 0 Å². The first-order valence-corrected chi connectivity index (χ1v) is 6.75. The van der Waals surface area contributed by atoms with Crippen LogP contribution >= 0.6 is 0 Å². The summed E-state index contributed by atoms with van der Waals surface area (Å²) in [7, 11) is 0. The van der Waals surface area contributed by atoms with Gasteiger partial charge in [0.25, 0.3) is 0 Å². The van der Waals surface area contributed by atoms with Crippen molar-refractivity contribution >= 4 is 11.8 Å². The Morgan fingerprint density at radius 2 is 1.94 bits per heavy atom. The van der Waals surface area contributed by atoms with Crippen LogP contribution in [-0.4, -0.2) is 41.4 Å². The number of nitrogens with two attached hydrogens (primary N) is 1. The third-order valence-corrected chi connectivity index (χ3v) is 3.54. The summed E-state index contributed by atoms with van der Waals surface area (Å²) in [5.41, 5.74) is 5.34. The van der Waals surface area contributed by atoms with Crippen molar-refractivity contribution in [3.05, 3.63) is 0 Å². The Morgan fingerprint density at radius 1 is 1.33 bits per heavy atom. The van der Waals surface area contributed by atoms with E-state index in [0.29, 0.717) is 0 Å². The Kier molecular flexibility index (Phi) is 5.59. The fourth-order valence-corrected chi connectivity index (χ4v) is 2.86. The van der Waals surface area contributed by atoms with Gasteiger partial charge in [-0.3, -0.25) is 9.59 Å². The van der Waals surface area contributed by atoms with E-state index in [2.05, 4.69) is 5.32 Å². The molecule has 1 aliphatic carbocycles. The van der Waals surface area contributed by atoms with E-state index in [1.54, 1.807) is 6.92 Å². The summed E-state index contributed by atoms with van der Waals surface area (Å²) in [4.78, 5) is 25.1. The second-order valence-corrected chi connectivity index (χ2v) is 5.25. The minimum atomic E-state index is -0.140. The van der Waals surface area contributed by atoms with E-state index >= 15 is 0 Å². The fourth-order valence-electron chi connectivity index (χ4n) is 2.86. The third-order valence-electron chi connectivity index (χ3n) is 3.54. The standard InChI is InChI=1S/C13H25N3O2/c1-9(2)16(10(3)17)12-7-5-4-6-11(12)15-13(18)8-14/h9,11-12H,4-8,14H2,1-3H3,(H,15,18)/t11-,12+/m0/s1. The van der Waals surface area contributed by atoms with Crippen LogP contribution in [0.4, 0.5) is 0 Å². The molecule has 0 spiro atoms. The van der Waals surface area contributed by atoms with Crippen LogP contribution in [0.15, 0.2) is 0 Å². The van der Waals surface area contributed by atoms with E-state index in [4.69, 9.17) is 5.73 Å². The van der Waals surface area contributed by atoms with Gasteiger partial charge in [-0.15, -0.1) is 0 Å². The molecule has 0 bridgehead atoms. The average molecular weight is 255 g/mol. The van der Waals surface area contributed by atoms with Crippen molar-refractivity contribution in [3.8, 4) is 0 Å². The lowest BCUT2D eigenvalue weighted by atomic mass is 9.88. The molecule has 18 heavy (non-hydrogen) atoms. The predicted molar refractivity (Wildman–Crippen MR) is 70.9 cm³/mol. The largest absolute Gasteiger partial charge is 0.350 e. The number of nitrogens with one attached hydrogen (secondary N) is 1. The number of rotatable bonds is 4. The van der Waals surface area contributed by atoms with E-state index in [9.17, 15) is 9.59 Å². The second-order valence-electron chi connectivity index (χ2n) is 5.25. The van der Waals surface area contributed by atoms with Crippen molar-refractivity contribution in [2.24, 2.45) is 5.73 Å². The first kappa shape index (κ1) is 15.0. The maximum absolute atomic E-state index is 11.8. The lowest BCUT2D eigenvalue weighted by molar-refractivity contribution is -0.135. The first-order valence-electron chi connectivity index (χ1n) is 6.75.